The van der Waals surface area contributed by atoms with Crippen LogP contribution in [0.3, 0.4) is 0 Å². The molecule has 0 spiro atoms. The summed E-state index contributed by atoms with van der Waals surface area (Å²) < 4.78 is 67.0. The Labute approximate surface area is 153 Å². The predicted molar refractivity (Wildman–Crippen MR) is 91.7 cm³/mol. The van der Waals surface area contributed by atoms with Crippen LogP contribution in [0, 0.1) is 0 Å². The second kappa shape index (κ2) is 8.85. The topological polar surface area (TPSA) is 75.6 Å². The monoisotopic (exact) mass is 409 g/mol. The largest absolute Gasteiger partial charge is 0.573 e. The van der Waals surface area contributed by atoms with E-state index in [4.69, 9.17) is 5.11 Å². The van der Waals surface area contributed by atoms with Crippen LogP contribution < -0.4 is 9.46 Å². The van der Waals surface area contributed by atoms with E-state index < -0.39 is 22.1 Å². The van der Waals surface area contributed by atoms with E-state index >= 15 is 0 Å². The average molecular weight is 409 g/mol. The molecule has 0 fully saturated rings. The SMILES string of the molecule is O=S(=O)(NCC[C@@H](CCO)c1cccs1)c1ccc(OC(F)(F)F)cc1. The van der Waals surface area contributed by atoms with E-state index in [2.05, 4.69) is 9.46 Å². The van der Waals surface area contributed by atoms with E-state index in [1.807, 2.05) is 17.5 Å². The van der Waals surface area contributed by atoms with Gasteiger partial charge in [-0.3, -0.25) is 0 Å². The molecule has 0 saturated heterocycles. The molecule has 1 aromatic heterocycles. The van der Waals surface area contributed by atoms with Gasteiger partial charge < -0.3 is 9.84 Å². The molecule has 0 aliphatic rings. The molecule has 1 atom stereocenters. The fourth-order valence-electron chi connectivity index (χ4n) is 2.38. The smallest absolute Gasteiger partial charge is 0.406 e. The summed E-state index contributed by atoms with van der Waals surface area (Å²) in [5.41, 5.74) is 0. The Morgan fingerprint density at radius 2 is 1.85 bits per heavy atom. The van der Waals surface area contributed by atoms with Crippen LogP contribution in [0.4, 0.5) is 13.2 Å². The molecule has 0 bridgehead atoms. The number of nitrogens with one attached hydrogen (secondary N) is 1. The van der Waals surface area contributed by atoms with Crippen LogP contribution in [-0.4, -0.2) is 33.0 Å². The Hall–Kier alpha value is -1.62. The molecule has 1 aromatic carbocycles. The lowest BCUT2D eigenvalue weighted by molar-refractivity contribution is -0.274. The van der Waals surface area contributed by atoms with Gasteiger partial charge in [0.2, 0.25) is 10.0 Å². The fraction of sp³-hybridized carbons (Fsp3) is 0.375. The van der Waals surface area contributed by atoms with Crippen molar-refractivity contribution in [3.05, 3.63) is 46.7 Å². The third-order valence-corrected chi connectivity index (χ3v) is 6.09. The van der Waals surface area contributed by atoms with Gasteiger partial charge in [0.05, 0.1) is 4.90 Å². The molecule has 2 N–H and O–H groups in total. The maximum atomic E-state index is 12.2. The lowest BCUT2D eigenvalue weighted by atomic mass is 10.0. The summed E-state index contributed by atoms with van der Waals surface area (Å²) in [5.74, 6) is -0.456. The Kier molecular flexibility index (Phi) is 7.04. The van der Waals surface area contributed by atoms with E-state index in [-0.39, 0.29) is 24.0 Å². The van der Waals surface area contributed by atoms with Crippen molar-refractivity contribution in [2.75, 3.05) is 13.2 Å². The van der Waals surface area contributed by atoms with E-state index in [0.717, 1.165) is 29.1 Å². The van der Waals surface area contributed by atoms with Gasteiger partial charge in [0.1, 0.15) is 5.75 Å². The highest BCUT2D eigenvalue weighted by Gasteiger charge is 2.31. The Morgan fingerprint density at radius 3 is 2.38 bits per heavy atom. The molecule has 0 saturated carbocycles. The van der Waals surface area contributed by atoms with Crippen molar-refractivity contribution in [1.29, 1.82) is 0 Å². The van der Waals surface area contributed by atoms with E-state index in [0.29, 0.717) is 12.8 Å². The molecule has 144 valence electrons. The van der Waals surface area contributed by atoms with Crippen molar-refractivity contribution >= 4 is 21.4 Å². The molecule has 0 aliphatic heterocycles. The molecule has 2 rings (SSSR count). The van der Waals surface area contributed by atoms with E-state index in [9.17, 15) is 21.6 Å². The predicted octanol–water partition coefficient (Wildman–Crippen LogP) is 3.48. The third kappa shape index (κ3) is 6.27. The Bertz CT molecular complexity index is 775. The highest BCUT2D eigenvalue weighted by atomic mass is 32.2. The summed E-state index contributed by atoms with van der Waals surface area (Å²) in [6.07, 6.45) is -3.82. The number of rotatable bonds is 9. The van der Waals surface area contributed by atoms with Gasteiger partial charge in [0.15, 0.2) is 0 Å². The van der Waals surface area contributed by atoms with Gasteiger partial charge in [0, 0.05) is 18.0 Å². The van der Waals surface area contributed by atoms with Gasteiger partial charge in [0.25, 0.3) is 0 Å². The maximum Gasteiger partial charge on any atom is 0.573 e. The Balaban J connectivity index is 1.95. The number of thiophene rings is 1. The molecule has 1 heterocycles. The van der Waals surface area contributed by atoms with Gasteiger partial charge >= 0.3 is 6.36 Å². The van der Waals surface area contributed by atoms with Crippen LogP contribution in [-0.2, 0) is 10.0 Å². The highest BCUT2D eigenvalue weighted by molar-refractivity contribution is 7.89. The molecule has 0 unspecified atom stereocenters. The first-order valence-corrected chi connectivity index (χ1v) is 10.1. The maximum absolute atomic E-state index is 12.2. The molecule has 10 heteroatoms. The summed E-state index contributed by atoms with van der Waals surface area (Å²) in [5, 5.41) is 11.1. The lowest BCUT2D eigenvalue weighted by Crippen LogP contribution is -2.26. The number of ether oxygens (including phenoxy) is 1. The zero-order valence-corrected chi connectivity index (χ0v) is 15.2. The zero-order valence-electron chi connectivity index (χ0n) is 13.6. The lowest BCUT2D eigenvalue weighted by Gasteiger charge is -2.15. The number of aliphatic hydroxyl groups excluding tert-OH is 1. The second-order valence-corrected chi connectivity index (χ2v) is 8.18. The number of sulfonamides is 1. The molecule has 2 aromatic rings. The van der Waals surface area contributed by atoms with Gasteiger partial charge in [-0.15, -0.1) is 24.5 Å². The molecule has 0 radical (unpaired) electrons. The minimum atomic E-state index is -4.83. The fourth-order valence-corrected chi connectivity index (χ4v) is 4.33. The number of benzene rings is 1. The van der Waals surface area contributed by atoms with Gasteiger partial charge in [-0.25, -0.2) is 13.1 Å². The van der Waals surface area contributed by atoms with Gasteiger partial charge in [-0.05, 0) is 54.5 Å². The summed E-state index contributed by atoms with van der Waals surface area (Å²) in [4.78, 5) is 0.911. The van der Waals surface area contributed by atoms with Gasteiger partial charge in [-0.1, -0.05) is 6.07 Å². The van der Waals surface area contributed by atoms with Crippen molar-refractivity contribution in [2.24, 2.45) is 0 Å². The summed E-state index contributed by atoms with van der Waals surface area (Å²) in [7, 11) is -3.85. The number of hydrogen-bond acceptors (Lipinski definition) is 5. The van der Waals surface area contributed by atoms with Crippen LogP contribution in [0.5, 0.6) is 5.75 Å². The van der Waals surface area contributed by atoms with Crippen molar-refractivity contribution in [1.82, 2.24) is 4.72 Å². The van der Waals surface area contributed by atoms with Crippen LogP contribution in [0.15, 0.2) is 46.7 Å². The van der Waals surface area contributed by atoms with E-state index in [1.165, 1.54) is 11.3 Å². The molecule has 0 amide bonds. The molecule has 5 nitrogen and oxygen atoms in total. The van der Waals surface area contributed by atoms with Gasteiger partial charge in [-0.2, -0.15) is 0 Å². The first-order chi connectivity index (χ1) is 12.2. The van der Waals surface area contributed by atoms with Crippen molar-refractivity contribution in [3.8, 4) is 5.75 Å². The Morgan fingerprint density at radius 1 is 1.15 bits per heavy atom. The third-order valence-electron chi connectivity index (χ3n) is 3.58. The van der Waals surface area contributed by atoms with Crippen molar-refractivity contribution in [2.45, 2.75) is 30.0 Å². The summed E-state index contributed by atoms with van der Waals surface area (Å²) in [6, 6.07) is 7.81. The second-order valence-electron chi connectivity index (χ2n) is 5.43. The number of aliphatic hydroxyl groups is 1. The van der Waals surface area contributed by atoms with Crippen molar-refractivity contribution < 1.29 is 31.4 Å². The van der Waals surface area contributed by atoms with Crippen LogP contribution in [0.2, 0.25) is 0 Å². The first kappa shape index (κ1) is 20.7. The molecule has 0 aliphatic carbocycles. The van der Waals surface area contributed by atoms with Crippen LogP contribution in [0.25, 0.3) is 0 Å². The average Bonchev–Trinajstić information content (AvgIpc) is 3.07. The zero-order chi connectivity index (χ0) is 19.2. The number of alkyl halides is 3. The number of hydrogen-bond donors (Lipinski definition) is 2. The minimum Gasteiger partial charge on any atom is -0.406 e. The molecular formula is C16H18F3NO4S2. The minimum absolute atomic E-state index is 0.00398. The summed E-state index contributed by atoms with van der Waals surface area (Å²) in [6.45, 7) is 0.141. The van der Waals surface area contributed by atoms with Crippen LogP contribution in [0.1, 0.15) is 23.6 Å². The van der Waals surface area contributed by atoms with Crippen LogP contribution >= 0.6 is 11.3 Å². The molecular weight excluding hydrogens is 391 g/mol. The highest BCUT2D eigenvalue weighted by Crippen LogP contribution is 2.27. The number of halogens is 3. The normalized spacial score (nSPS) is 13.5. The standard InChI is InChI=1S/C16H18F3NO4S2/c17-16(18,19)24-13-3-5-14(6-4-13)26(22,23)20-9-7-12(8-10-21)15-2-1-11-25-15/h1-6,11-12,20-21H,7-10H2/t12-/m0/s1. The van der Waals surface area contributed by atoms with E-state index in [1.54, 1.807) is 0 Å². The molecule has 26 heavy (non-hydrogen) atoms. The first-order valence-electron chi connectivity index (χ1n) is 7.71. The summed E-state index contributed by atoms with van der Waals surface area (Å²) >= 11 is 1.54. The van der Waals surface area contributed by atoms with Crippen molar-refractivity contribution in [3.63, 3.8) is 0 Å². The quantitative estimate of drug-likeness (QED) is 0.665.